The molecule has 1 aliphatic rings. The number of benzene rings is 2. The van der Waals surface area contributed by atoms with Gasteiger partial charge in [0.15, 0.2) is 0 Å². The van der Waals surface area contributed by atoms with Crippen molar-refractivity contribution in [3.8, 4) is 0 Å². The second-order valence-corrected chi connectivity index (χ2v) is 12.9. The van der Waals surface area contributed by atoms with Gasteiger partial charge in [0.25, 0.3) is 5.91 Å². The number of nitrogens with zero attached hydrogens (tertiary/aromatic N) is 3. The van der Waals surface area contributed by atoms with E-state index in [9.17, 15) is 9.59 Å². The molecule has 5 rings (SSSR count). The Morgan fingerprint density at radius 3 is 2.38 bits per heavy atom. The average molecular weight is 628 g/mol. The lowest BCUT2D eigenvalue weighted by Gasteiger charge is -2.12. The van der Waals surface area contributed by atoms with Crippen LogP contribution in [0.3, 0.4) is 0 Å². The molecular formula is C37H49N5O2S. The number of carbonyl (C=O) groups is 2. The summed E-state index contributed by atoms with van der Waals surface area (Å²) < 4.78 is 0. The van der Waals surface area contributed by atoms with Crippen molar-refractivity contribution in [1.82, 2.24) is 25.5 Å². The topological polar surface area (TPSA) is 87.2 Å². The van der Waals surface area contributed by atoms with Gasteiger partial charge in [0, 0.05) is 53.7 Å². The standard InChI is InChI=1S/C21H27N3O2.C9H14N2S.C7H8/c1-15(2)20-10-18(12-23-13-20)11-22-5-4-6-24-21(26)19-8-16(3)7-17(9-19)14-25;1-7-6-12-9(10-7)5-11(2)8-3-4-8;1-7-5-3-2-4-6-7/h7-10,12-15,22H,4-6,11H2,1-3H3,(H,24,26);6,8H,3-5H2,1-2H3;2-6H,1H3. The highest BCUT2D eigenvalue weighted by Crippen LogP contribution is 2.27. The number of nitrogens with one attached hydrogen (secondary N) is 2. The molecule has 0 saturated heterocycles. The molecule has 0 radical (unpaired) electrons. The molecule has 0 bridgehead atoms. The Hall–Kier alpha value is -3.72. The first kappa shape index (κ1) is 35.8. The summed E-state index contributed by atoms with van der Waals surface area (Å²) in [6.07, 6.45) is 8.13. The molecule has 7 nitrogen and oxygen atoms in total. The summed E-state index contributed by atoms with van der Waals surface area (Å²) >= 11 is 1.77. The van der Waals surface area contributed by atoms with E-state index in [4.69, 9.17) is 0 Å². The van der Waals surface area contributed by atoms with Crippen LogP contribution in [0.1, 0.15) is 92.7 Å². The van der Waals surface area contributed by atoms with Gasteiger partial charge >= 0.3 is 0 Å². The van der Waals surface area contributed by atoms with Crippen molar-refractivity contribution in [2.45, 2.75) is 78.9 Å². The zero-order valence-corrected chi connectivity index (χ0v) is 28.5. The van der Waals surface area contributed by atoms with Crippen LogP contribution in [0.25, 0.3) is 0 Å². The summed E-state index contributed by atoms with van der Waals surface area (Å²) in [7, 11) is 2.19. The number of thiazole rings is 1. The lowest BCUT2D eigenvalue weighted by Crippen LogP contribution is -2.27. The SMILES string of the molecule is Cc1cc(C=O)cc(C(=O)NCCCNCc2cncc(C(C)C)c2)c1.Cc1ccccc1.Cc1csc(CN(C)C2CC2)n1. The Morgan fingerprint density at radius 1 is 1.02 bits per heavy atom. The minimum atomic E-state index is -0.148. The molecule has 0 atom stereocenters. The van der Waals surface area contributed by atoms with Gasteiger partial charge in [0.2, 0.25) is 0 Å². The van der Waals surface area contributed by atoms with Crippen LogP contribution in [0.5, 0.6) is 0 Å². The Labute approximate surface area is 273 Å². The Kier molecular flexibility index (Phi) is 15.1. The lowest BCUT2D eigenvalue weighted by atomic mass is 10.0. The maximum absolute atomic E-state index is 12.2. The van der Waals surface area contributed by atoms with Crippen molar-refractivity contribution < 1.29 is 9.59 Å². The van der Waals surface area contributed by atoms with E-state index in [0.29, 0.717) is 23.6 Å². The molecule has 1 aliphatic carbocycles. The highest BCUT2D eigenvalue weighted by molar-refractivity contribution is 7.09. The molecule has 45 heavy (non-hydrogen) atoms. The highest BCUT2D eigenvalue weighted by Gasteiger charge is 2.26. The highest BCUT2D eigenvalue weighted by atomic mass is 32.1. The molecule has 2 aromatic heterocycles. The summed E-state index contributed by atoms with van der Waals surface area (Å²) in [6.45, 7) is 13.5. The molecule has 2 N–H and O–H groups in total. The first-order chi connectivity index (χ1) is 21.6. The molecule has 1 amide bonds. The average Bonchev–Trinajstić information content (AvgIpc) is 3.81. The largest absolute Gasteiger partial charge is 0.352 e. The maximum Gasteiger partial charge on any atom is 0.251 e. The number of hydrogen-bond donors (Lipinski definition) is 2. The van der Waals surface area contributed by atoms with Gasteiger partial charge in [-0.3, -0.25) is 19.5 Å². The van der Waals surface area contributed by atoms with E-state index in [1.54, 1.807) is 29.5 Å². The molecule has 4 aromatic rings. The molecule has 0 spiro atoms. The molecule has 240 valence electrons. The van der Waals surface area contributed by atoms with Gasteiger partial charge in [-0.15, -0.1) is 11.3 Å². The zero-order chi connectivity index (χ0) is 32.6. The van der Waals surface area contributed by atoms with Crippen LogP contribution in [0, 0.1) is 20.8 Å². The lowest BCUT2D eigenvalue weighted by molar-refractivity contribution is 0.0953. The third kappa shape index (κ3) is 13.9. The molecule has 8 heteroatoms. The van der Waals surface area contributed by atoms with Gasteiger partial charge in [0.1, 0.15) is 11.3 Å². The smallest absolute Gasteiger partial charge is 0.251 e. The van der Waals surface area contributed by atoms with Crippen molar-refractivity contribution in [3.05, 3.63) is 116 Å². The van der Waals surface area contributed by atoms with E-state index < -0.39 is 0 Å². The molecule has 2 heterocycles. The van der Waals surface area contributed by atoms with Crippen LogP contribution in [0.2, 0.25) is 0 Å². The van der Waals surface area contributed by atoms with E-state index >= 15 is 0 Å². The predicted octanol–water partition coefficient (Wildman–Crippen LogP) is 7.28. The van der Waals surface area contributed by atoms with Crippen molar-refractivity contribution in [3.63, 3.8) is 0 Å². The predicted molar refractivity (Wildman–Crippen MR) is 186 cm³/mol. The van der Waals surface area contributed by atoms with Crippen molar-refractivity contribution >= 4 is 23.5 Å². The Morgan fingerprint density at radius 2 is 1.78 bits per heavy atom. The summed E-state index contributed by atoms with van der Waals surface area (Å²) in [5, 5.41) is 9.64. The Balaban J connectivity index is 0.000000235. The molecule has 1 fully saturated rings. The van der Waals surface area contributed by atoms with Gasteiger partial charge in [0.05, 0.1) is 6.54 Å². The molecule has 0 unspecified atom stereocenters. The van der Waals surface area contributed by atoms with E-state index in [0.717, 1.165) is 49.6 Å². The van der Waals surface area contributed by atoms with Crippen LogP contribution in [0.15, 0.2) is 72.4 Å². The van der Waals surface area contributed by atoms with E-state index in [1.165, 1.54) is 34.5 Å². The second-order valence-electron chi connectivity index (χ2n) is 12.0. The summed E-state index contributed by atoms with van der Waals surface area (Å²) in [4.78, 5) is 34.2. The van der Waals surface area contributed by atoms with Gasteiger partial charge < -0.3 is 10.6 Å². The van der Waals surface area contributed by atoms with Crippen LogP contribution in [0.4, 0.5) is 0 Å². The number of aromatic nitrogens is 2. The molecular weight excluding hydrogens is 579 g/mol. The van der Waals surface area contributed by atoms with Crippen LogP contribution >= 0.6 is 11.3 Å². The molecule has 0 aliphatic heterocycles. The monoisotopic (exact) mass is 627 g/mol. The number of pyridine rings is 1. The molecule has 1 saturated carbocycles. The fourth-order valence-corrected chi connectivity index (χ4v) is 5.38. The van der Waals surface area contributed by atoms with Gasteiger partial charge in [-0.05, 0) is 94.4 Å². The van der Waals surface area contributed by atoms with Crippen LogP contribution < -0.4 is 10.6 Å². The summed E-state index contributed by atoms with van der Waals surface area (Å²) in [6, 6.07) is 18.4. The maximum atomic E-state index is 12.2. The summed E-state index contributed by atoms with van der Waals surface area (Å²) in [5.41, 5.74) is 6.83. The fourth-order valence-electron chi connectivity index (χ4n) is 4.55. The second kappa shape index (κ2) is 18.9. The third-order valence-corrected chi connectivity index (χ3v) is 8.24. The van der Waals surface area contributed by atoms with Crippen molar-refractivity contribution in [2.75, 3.05) is 20.1 Å². The number of carbonyl (C=O) groups excluding carboxylic acids is 2. The number of aldehydes is 1. The normalized spacial score (nSPS) is 12.2. The van der Waals surface area contributed by atoms with Gasteiger partial charge in [-0.1, -0.05) is 55.8 Å². The number of amides is 1. The number of rotatable bonds is 12. The first-order valence-electron chi connectivity index (χ1n) is 15.8. The van der Waals surface area contributed by atoms with E-state index in [-0.39, 0.29) is 5.91 Å². The fraction of sp³-hybridized carbons (Fsp3) is 0.405. The zero-order valence-electron chi connectivity index (χ0n) is 27.7. The van der Waals surface area contributed by atoms with E-state index in [1.807, 2.05) is 37.5 Å². The van der Waals surface area contributed by atoms with Gasteiger partial charge in [-0.2, -0.15) is 0 Å². The van der Waals surface area contributed by atoms with Crippen molar-refractivity contribution in [1.29, 1.82) is 0 Å². The summed E-state index contributed by atoms with van der Waals surface area (Å²) in [5.74, 6) is 0.324. The minimum absolute atomic E-state index is 0.148. The van der Waals surface area contributed by atoms with Crippen molar-refractivity contribution in [2.24, 2.45) is 0 Å². The number of aryl methyl sites for hydroxylation is 3. The van der Waals surface area contributed by atoms with Crippen LogP contribution in [-0.2, 0) is 13.1 Å². The Bertz CT molecular complexity index is 1470. The number of hydrogen-bond acceptors (Lipinski definition) is 7. The minimum Gasteiger partial charge on any atom is -0.352 e. The molecule has 2 aromatic carbocycles. The third-order valence-electron chi connectivity index (χ3n) is 7.29. The van der Waals surface area contributed by atoms with Crippen LogP contribution in [-0.4, -0.2) is 53.2 Å². The first-order valence-corrected chi connectivity index (χ1v) is 16.6. The van der Waals surface area contributed by atoms with E-state index in [2.05, 4.69) is 83.8 Å². The quantitative estimate of drug-likeness (QED) is 0.127. The van der Waals surface area contributed by atoms with Gasteiger partial charge in [-0.25, -0.2) is 4.98 Å².